The van der Waals surface area contributed by atoms with Crippen molar-refractivity contribution in [2.75, 3.05) is 26.4 Å². The van der Waals surface area contributed by atoms with Crippen LogP contribution in [0.15, 0.2) is 73.2 Å². The van der Waals surface area contributed by atoms with Crippen LogP contribution in [0.3, 0.4) is 0 Å². The highest BCUT2D eigenvalue weighted by Crippen LogP contribution is 2.44. The summed E-state index contributed by atoms with van der Waals surface area (Å²) in [6, 6.07) is 12.4. The lowest BCUT2D eigenvalue weighted by Crippen LogP contribution is -2.55. The number of carbonyl (C=O) groups is 5. The number of nitrogens with two attached hydrogens (primary N) is 1. The van der Waals surface area contributed by atoms with Gasteiger partial charge in [-0.2, -0.15) is 0 Å². The topological polar surface area (TPSA) is 227 Å². The van der Waals surface area contributed by atoms with Crippen molar-refractivity contribution in [3.63, 3.8) is 0 Å². The number of alkyl carbamates (subject to hydrolysis) is 1. The van der Waals surface area contributed by atoms with E-state index in [0.29, 0.717) is 18.7 Å². The second kappa shape index (κ2) is 18.9. The van der Waals surface area contributed by atoms with Crippen molar-refractivity contribution in [3.8, 4) is 11.1 Å². The molecule has 1 aromatic heterocycles. The fourth-order valence-electron chi connectivity index (χ4n) is 5.70. The Morgan fingerprint density at radius 2 is 1.64 bits per heavy atom. The Morgan fingerprint density at radius 3 is 2.26 bits per heavy atom. The molecule has 1 aliphatic carbocycles. The Hall–Kier alpha value is -5.54. The van der Waals surface area contributed by atoms with E-state index in [4.69, 9.17) is 15.2 Å². The van der Waals surface area contributed by atoms with Crippen LogP contribution >= 0.6 is 0 Å². The van der Waals surface area contributed by atoms with E-state index in [1.807, 2.05) is 48.5 Å². The summed E-state index contributed by atoms with van der Waals surface area (Å²) in [6.45, 7) is 2.47. The van der Waals surface area contributed by atoms with Gasteiger partial charge in [0, 0.05) is 31.3 Å². The van der Waals surface area contributed by atoms with Crippen molar-refractivity contribution in [1.29, 1.82) is 0 Å². The monoisotopic (exact) mass is 689 g/mol. The summed E-state index contributed by atoms with van der Waals surface area (Å²) < 4.78 is 10.5. The molecule has 50 heavy (non-hydrogen) atoms. The number of amides is 3. The molecule has 15 heteroatoms. The molecule has 0 bridgehead atoms. The van der Waals surface area contributed by atoms with Crippen molar-refractivity contribution in [2.24, 2.45) is 5.73 Å². The van der Waals surface area contributed by atoms with Crippen LogP contribution in [0.2, 0.25) is 0 Å². The average molecular weight is 690 g/mol. The quantitative estimate of drug-likeness (QED) is 0.0415. The molecule has 3 amide bonds. The Bertz CT molecular complexity index is 1600. The third-order valence-electron chi connectivity index (χ3n) is 8.02. The maximum absolute atomic E-state index is 13.7. The van der Waals surface area contributed by atoms with E-state index in [1.165, 1.54) is 12.4 Å². The van der Waals surface area contributed by atoms with Crippen LogP contribution in [0.4, 0.5) is 4.79 Å². The number of carboxylic acid groups (broad SMARTS) is 1. The Morgan fingerprint density at radius 1 is 0.960 bits per heavy atom. The average Bonchev–Trinajstić information content (AvgIpc) is 3.73. The van der Waals surface area contributed by atoms with Gasteiger partial charge < -0.3 is 46.6 Å². The zero-order valence-electron chi connectivity index (χ0n) is 27.7. The van der Waals surface area contributed by atoms with Crippen LogP contribution in [0.1, 0.15) is 48.9 Å². The number of esters is 1. The first-order valence-electron chi connectivity index (χ1n) is 16.4. The molecule has 0 saturated heterocycles. The molecule has 0 fully saturated rings. The zero-order chi connectivity index (χ0) is 35.9. The minimum absolute atomic E-state index is 0.0391. The summed E-state index contributed by atoms with van der Waals surface area (Å²) in [6.07, 6.45) is 4.43. The van der Waals surface area contributed by atoms with Gasteiger partial charge in [0.15, 0.2) is 0 Å². The molecule has 0 aliphatic heterocycles. The number of hydrogen-bond acceptors (Lipinski definition) is 10. The molecule has 0 saturated carbocycles. The number of hydrogen-bond donors (Lipinski definition) is 7. The maximum Gasteiger partial charge on any atom is 0.407 e. The first-order valence-corrected chi connectivity index (χ1v) is 16.4. The van der Waals surface area contributed by atoms with E-state index >= 15 is 0 Å². The number of imidazole rings is 1. The van der Waals surface area contributed by atoms with Crippen LogP contribution in [-0.2, 0) is 35.1 Å². The number of aromatic amines is 1. The summed E-state index contributed by atoms with van der Waals surface area (Å²) in [5, 5.41) is 20.3. The van der Waals surface area contributed by atoms with Crippen LogP contribution in [0.25, 0.3) is 11.1 Å². The van der Waals surface area contributed by atoms with E-state index in [-0.39, 0.29) is 38.6 Å². The lowest BCUT2D eigenvalue weighted by Gasteiger charge is -2.24. The molecular weight excluding hydrogens is 646 g/mol. The second-order valence-corrected chi connectivity index (χ2v) is 11.5. The van der Waals surface area contributed by atoms with Gasteiger partial charge in [-0.15, -0.1) is 0 Å². The lowest BCUT2D eigenvalue weighted by atomic mass is 9.98. The Kier molecular flexibility index (Phi) is 14.1. The van der Waals surface area contributed by atoms with Gasteiger partial charge in [0.1, 0.15) is 18.7 Å². The number of nitrogens with one attached hydrogen (secondary N) is 5. The van der Waals surface area contributed by atoms with Crippen LogP contribution in [0, 0.1) is 0 Å². The summed E-state index contributed by atoms with van der Waals surface area (Å²) in [4.78, 5) is 70.7. The molecule has 1 heterocycles. The first-order chi connectivity index (χ1) is 24.2. The predicted octanol–water partition coefficient (Wildman–Crippen LogP) is 1.71. The lowest BCUT2D eigenvalue weighted by molar-refractivity contribution is -0.139. The molecule has 3 atom stereocenters. The number of carboxylic acids is 1. The largest absolute Gasteiger partial charge is 0.481 e. The van der Waals surface area contributed by atoms with Gasteiger partial charge in [0.2, 0.25) is 11.8 Å². The van der Waals surface area contributed by atoms with Crippen LogP contribution in [-0.4, -0.2) is 89.5 Å². The number of aliphatic carboxylic acids is 1. The summed E-state index contributed by atoms with van der Waals surface area (Å²) in [7, 11) is 0. The van der Waals surface area contributed by atoms with Crippen molar-refractivity contribution in [1.82, 2.24) is 31.2 Å². The number of aromatic nitrogens is 2. The summed E-state index contributed by atoms with van der Waals surface area (Å²) >= 11 is 0. The number of carbonyl (C=O) groups excluding carboxylic acids is 4. The Balaban J connectivity index is 1.47. The molecule has 1 aliphatic rings. The zero-order valence-corrected chi connectivity index (χ0v) is 27.7. The van der Waals surface area contributed by atoms with E-state index in [1.54, 1.807) is 13.1 Å². The van der Waals surface area contributed by atoms with Crippen molar-refractivity contribution in [2.45, 2.75) is 56.7 Å². The highest BCUT2D eigenvalue weighted by Gasteiger charge is 2.31. The number of rotatable bonds is 19. The second-order valence-electron chi connectivity index (χ2n) is 11.5. The third kappa shape index (κ3) is 10.7. The molecular formula is C35H43N7O8. The summed E-state index contributed by atoms with van der Waals surface area (Å²) in [5.41, 5.74) is 10.2. The molecule has 15 nitrogen and oxygen atoms in total. The maximum atomic E-state index is 13.7. The van der Waals surface area contributed by atoms with Gasteiger partial charge in [-0.1, -0.05) is 54.6 Å². The van der Waals surface area contributed by atoms with Gasteiger partial charge in [-0.05, 0) is 48.6 Å². The third-order valence-corrected chi connectivity index (χ3v) is 8.02. The SMILES string of the molecule is CCOC(=O)/C=C/C(CC(=O)O)NC(=O)[C@H](Cc1c[nH]cn1)NC(=O)[C@H](CCCNCN)NC(=O)OCC1c2ccccc2-c2ccccc21. The number of benzene rings is 2. The number of nitrogens with zero attached hydrogens (tertiary/aromatic N) is 1. The molecule has 3 aromatic rings. The smallest absolute Gasteiger partial charge is 0.407 e. The Labute approximate surface area is 289 Å². The summed E-state index contributed by atoms with van der Waals surface area (Å²) in [5.74, 6) is -3.52. The standard InChI is InChI=1S/C35H43N7O8/c1-2-49-32(45)14-13-22(17-31(43)44)40-34(47)30(16-23-18-38-21-39-23)41-33(46)29(12-7-15-37-20-36)42-35(48)50-19-28-26-10-5-3-8-24(26)25-9-4-6-11-27(25)28/h3-6,8-11,13-14,18,21-22,28-30,37H,2,7,12,15-17,19-20,36H2,1H3,(H,38,39)(H,40,47)(H,41,46)(H,42,48)(H,43,44)/b14-13+/t22?,29-,30-/m0/s1. The van der Waals surface area contributed by atoms with E-state index in [0.717, 1.165) is 28.3 Å². The predicted molar refractivity (Wildman–Crippen MR) is 182 cm³/mol. The van der Waals surface area contributed by atoms with Gasteiger partial charge >= 0.3 is 18.0 Å². The van der Waals surface area contributed by atoms with Crippen LogP contribution < -0.4 is 27.0 Å². The number of fused-ring (bicyclic) bond motifs is 3. The molecule has 0 spiro atoms. The van der Waals surface area contributed by atoms with Crippen molar-refractivity contribution >= 4 is 29.8 Å². The van der Waals surface area contributed by atoms with Crippen molar-refractivity contribution in [3.05, 3.63) is 90.0 Å². The van der Waals surface area contributed by atoms with Gasteiger partial charge in [-0.25, -0.2) is 14.6 Å². The van der Waals surface area contributed by atoms with Gasteiger partial charge in [0.05, 0.1) is 31.1 Å². The normalized spacial score (nSPS) is 13.8. The fourth-order valence-corrected chi connectivity index (χ4v) is 5.70. The van der Waals surface area contributed by atoms with Crippen molar-refractivity contribution < 1.29 is 38.6 Å². The van der Waals surface area contributed by atoms with Gasteiger partial charge in [0.25, 0.3) is 0 Å². The molecule has 2 aromatic carbocycles. The fraction of sp³-hybridized carbons (Fsp3) is 0.371. The highest BCUT2D eigenvalue weighted by atomic mass is 16.5. The molecule has 266 valence electrons. The van der Waals surface area contributed by atoms with Gasteiger partial charge in [-0.3, -0.25) is 14.4 Å². The van der Waals surface area contributed by atoms with E-state index in [2.05, 4.69) is 31.2 Å². The first kappa shape index (κ1) is 37.3. The molecule has 0 radical (unpaired) electrons. The highest BCUT2D eigenvalue weighted by molar-refractivity contribution is 5.92. The van der Waals surface area contributed by atoms with Crippen LogP contribution in [0.5, 0.6) is 0 Å². The van der Waals surface area contributed by atoms with E-state index < -0.39 is 54.4 Å². The minimum atomic E-state index is -1.23. The minimum Gasteiger partial charge on any atom is -0.481 e. The molecule has 1 unspecified atom stereocenters. The van der Waals surface area contributed by atoms with E-state index in [9.17, 15) is 29.1 Å². The molecule has 8 N–H and O–H groups in total. The molecule has 4 rings (SSSR count). The number of ether oxygens (including phenoxy) is 2. The number of H-pyrrole nitrogens is 1.